The molecule has 1 aromatic heterocycles. The Morgan fingerprint density at radius 2 is 2.46 bits per heavy atom. The summed E-state index contributed by atoms with van der Waals surface area (Å²) in [6, 6.07) is 0. The minimum absolute atomic E-state index is 0.244. The number of aliphatic carboxylic acids is 1. The molecule has 0 amide bonds. The number of ether oxygens (including phenoxy) is 1. The van der Waals surface area contributed by atoms with Crippen LogP contribution < -0.4 is 0 Å². The van der Waals surface area contributed by atoms with Crippen molar-refractivity contribution in [2.45, 2.75) is 5.41 Å². The van der Waals surface area contributed by atoms with Crippen LogP contribution in [0.3, 0.4) is 0 Å². The van der Waals surface area contributed by atoms with Crippen molar-refractivity contribution in [3.63, 3.8) is 0 Å². The van der Waals surface area contributed by atoms with Crippen molar-refractivity contribution in [1.29, 1.82) is 0 Å². The Labute approximate surface area is 74.9 Å². The van der Waals surface area contributed by atoms with E-state index in [0.717, 1.165) is 0 Å². The average Bonchev–Trinajstić information content (AvgIpc) is 2.32. The SMILES string of the molecule is Cn1cc(C2(C(=O)O)COC2)cn1. The highest BCUT2D eigenvalue weighted by Crippen LogP contribution is 2.32. The Balaban J connectivity index is 2.37. The average molecular weight is 182 g/mol. The third-order valence-electron chi connectivity index (χ3n) is 2.36. The summed E-state index contributed by atoms with van der Waals surface area (Å²) in [6.07, 6.45) is 3.30. The van der Waals surface area contributed by atoms with Crippen LogP contribution in [-0.2, 0) is 22.0 Å². The summed E-state index contributed by atoms with van der Waals surface area (Å²) < 4.78 is 6.54. The van der Waals surface area contributed by atoms with Crippen molar-refractivity contribution >= 4 is 5.97 Å². The third-order valence-corrected chi connectivity index (χ3v) is 2.36. The second kappa shape index (κ2) is 2.56. The second-order valence-electron chi connectivity index (χ2n) is 3.28. The summed E-state index contributed by atoms with van der Waals surface area (Å²) in [5.74, 6) is -0.841. The molecule has 0 aromatic carbocycles. The molecule has 5 heteroatoms. The zero-order chi connectivity index (χ0) is 9.47. The zero-order valence-corrected chi connectivity index (χ0v) is 7.23. The lowest BCUT2D eigenvalue weighted by Crippen LogP contribution is -2.52. The van der Waals surface area contributed by atoms with Gasteiger partial charge in [0.05, 0.1) is 19.4 Å². The number of carboxylic acids is 1. The van der Waals surface area contributed by atoms with Gasteiger partial charge in [-0.25, -0.2) is 0 Å². The second-order valence-corrected chi connectivity index (χ2v) is 3.28. The number of nitrogens with zero attached hydrogens (tertiary/aromatic N) is 2. The number of carbonyl (C=O) groups is 1. The fraction of sp³-hybridized carbons (Fsp3) is 0.500. The summed E-state index contributed by atoms with van der Waals surface area (Å²) in [5.41, 5.74) is -0.136. The van der Waals surface area contributed by atoms with Gasteiger partial charge in [0.15, 0.2) is 0 Å². The molecule has 70 valence electrons. The highest BCUT2D eigenvalue weighted by atomic mass is 16.5. The normalized spacial score (nSPS) is 19.5. The Hall–Kier alpha value is -1.36. The molecule has 1 fully saturated rings. The number of hydrogen-bond acceptors (Lipinski definition) is 3. The first kappa shape index (κ1) is 8.25. The molecule has 13 heavy (non-hydrogen) atoms. The lowest BCUT2D eigenvalue weighted by atomic mass is 9.80. The van der Waals surface area contributed by atoms with Gasteiger partial charge in [-0.1, -0.05) is 0 Å². The molecule has 0 radical (unpaired) electrons. The van der Waals surface area contributed by atoms with Gasteiger partial charge in [0.25, 0.3) is 0 Å². The van der Waals surface area contributed by atoms with Crippen LogP contribution in [-0.4, -0.2) is 34.1 Å². The molecule has 0 saturated carbocycles. The van der Waals surface area contributed by atoms with E-state index in [4.69, 9.17) is 9.84 Å². The molecule has 1 N–H and O–H groups in total. The van der Waals surface area contributed by atoms with Crippen LogP contribution in [0.4, 0.5) is 0 Å². The van der Waals surface area contributed by atoms with E-state index < -0.39 is 11.4 Å². The molecule has 0 atom stereocenters. The van der Waals surface area contributed by atoms with Crippen LogP contribution in [0, 0.1) is 0 Å². The van der Waals surface area contributed by atoms with E-state index in [2.05, 4.69) is 5.10 Å². The topological polar surface area (TPSA) is 64.4 Å². The predicted octanol–water partition coefficient (Wildman–Crippen LogP) is -0.227. The van der Waals surface area contributed by atoms with Gasteiger partial charge in [-0.3, -0.25) is 9.48 Å². The zero-order valence-electron chi connectivity index (χ0n) is 7.23. The van der Waals surface area contributed by atoms with Gasteiger partial charge in [0, 0.05) is 18.8 Å². The van der Waals surface area contributed by atoms with Crippen molar-refractivity contribution < 1.29 is 14.6 Å². The highest BCUT2D eigenvalue weighted by Gasteiger charge is 2.48. The van der Waals surface area contributed by atoms with Crippen molar-refractivity contribution in [1.82, 2.24) is 9.78 Å². The molecule has 0 unspecified atom stereocenters. The monoisotopic (exact) mass is 182 g/mol. The largest absolute Gasteiger partial charge is 0.480 e. The first-order valence-corrected chi connectivity index (χ1v) is 3.95. The summed E-state index contributed by atoms with van der Waals surface area (Å²) in [4.78, 5) is 11.0. The van der Waals surface area contributed by atoms with Crippen LogP contribution in [0.5, 0.6) is 0 Å². The van der Waals surface area contributed by atoms with E-state index in [-0.39, 0.29) is 13.2 Å². The third kappa shape index (κ3) is 1.04. The molecular formula is C8H10N2O3. The van der Waals surface area contributed by atoms with Crippen LogP contribution in [0.15, 0.2) is 12.4 Å². The summed E-state index contributed by atoms with van der Waals surface area (Å²) in [6.45, 7) is 0.488. The van der Waals surface area contributed by atoms with Crippen LogP contribution in [0.25, 0.3) is 0 Å². The van der Waals surface area contributed by atoms with E-state index in [1.165, 1.54) is 0 Å². The van der Waals surface area contributed by atoms with E-state index in [9.17, 15) is 4.79 Å². The number of hydrogen-bond donors (Lipinski definition) is 1. The predicted molar refractivity (Wildman–Crippen MR) is 43.3 cm³/mol. The van der Waals surface area contributed by atoms with Gasteiger partial charge in [0.2, 0.25) is 0 Å². The number of carboxylic acid groups (broad SMARTS) is 1. The van der Waals surface area contributed by atoms with Crippen LogP contribution >= 0.6 is 0 Å². The molecule has 1 aliphatic heterocycles. The Bertz CT molecular complexity index is 341. The van der Waals surface area contributed by atoms with E-state index in [1.54, 1.807) is 24.1 Å². The maximum atomic E-state index is 11.0. The first-order valence-electron chi connectivity index (χ1n) is 3.95. The molecule has 0 aliphatic carbocycles. The molecule has 1 aromatic rings. The summed E-state index contributed by atoms with van der Waals surface area (Å²) >= 11 is 0. The summed E-state index contributed by atoms with van der Waals surface area (Å²) in [7, 11) is 1.76. The van der Waals surface area contributed by atoms with Gasteiger partial charge < -0.3 is 9.84 Å². The molecule has 2 heterocycles. The molecule has 2 rings (SSSR count). The minimum atomic E-state index is -0.853. The lowest BCUT2D eigenvalue weighted by molar-refractivity contribution is -0.163. The van der Waals surface area contributed by atoms with Crippen LogP contribution in [0.1, 0.15) is 5.56 Å². The quantitative estimate of drug-likeness (QED) is 0.686. The van der Waals surface area contributed by atoms with Crippen LogP contribution in [0.2, 0.25) is 0 Å². The lowest BCUT2D eigenvalue weighted by Gasteiger charge is -2.36. The maximum absolute atomic E-state index is 11.0. The number of aryl methyl sites for hydroxylation is 1. The molecular weight excluding hydrogens is 172 g/mol. The standard InChI is InChI=1S/C8H10N2O3/c1-10-3-6(2-9-10)8(7(11)12)4-13-5-8/h2-3H,4-5H2,1H3,(H,11,12). The molecule has 5 nitrogen and oxygen atoms in total. The number of rotatable bonds is 2. The smallest absolute Gasteiger partial charge is 0.319 e. The van der Waals surface area contributed by atoms with E-state index in [0.29, 0.717) is 5.56 Å². The molecule has 0 bridgehead atoms. The molecule has 1 aliphatic rings. The first-order chi connectivity index (χ1) is 6.15. The number of aromatic nitrogens is 2. The Morgan fingerprint density at radius 3 is 2.77 bits per heavy atom. The van der Waals surface area contributed by atoms with Crippen molar-refractivity contribution in [2.75, 3.05) is 13.2 Å². The van der Waals surface area contributed by atoms with Crippen molar-refractivity contribution in [2.24, 2.45) is 7.05 Å². The summed E-state index contributed by atoms with van der Waals surface area (Å²) in [5, 5.41) is 13.0. The highest BCUT2D eigenvalue weighted by molar-refractivity contribution is 5.82. The Kier molecular flexibility index (Phi) is 1.63. The van der Waals surface area contributed by atoms with E-state index in [1.807, 2.05) is 0 Å². The van der Waals surface area contributed by atoms with Gasteiger partial charge in [0.1, 0.15) is 5.41 Å². The van der Waals surface area contributed by atoms with Gasteiger partial charge in [-0.15, -0.1) is 0 Å². The fourth-order valence-corrected chi connectivity index (χ4v) is 1.39. The van der Waals surface area contributed by atoms with E-state index >= 15 is 0 Å². The molecule has 0 spiro atoms. The van der Waals surface area contributed by atoms with Gasteiger partial charge >= 0.3 is 5.97 Å². The van der Waals surface area contributed by atoms with Gasteiger partial charge in [-0.2, -0.15) is 5.10 Å². The minimum Gasteiger partial charge on any atom is -0.480 e. The maximum Gasteiger partial charge on any atom is 0.319 e. The molecule has 1 saturated heterocycles. The Morgan fingerprint density at radius 1 is 1.77 bits per heavy atom. The fourth-order valence-electron chi connectivity index (χ4n) is 1.39. The van der Waals surface area contributed by atoms with Crippen molar-refractivity contribution in [3.05, 3.63) is 18.0 Å². The van der Waals surface area contributed by atoms with Gasteiger partial charge in [-0.05, 0) is 0 Å². The van der Waals surface area contributed by atoms with Crippen molar-refractivity contribution in [3.8, 4) is 0 Å².